The lowest BCUT2D eigenvalue weighted by molar-refractivity contribution is 0.246. The van der Waals surface area contributed by atoms with E-state index in [1.807, 2.05) is 6.07 Å². The van der Waals surface area contributed by atoms with Gasteiger partial charge >= 0.3 is 0 Å². The summed E-state index contributed by atoms with van der Waals surface area (Å²) in [6, 6.07) is 8.92. The van der Waals surface area contributed by atoms with Crippen molar-refractivity contribution in [1.82, 2.24) is 4.31 Å². The first-order chi connectivity index (χ1) is 9.92. The van der Waals surface area contributed by atoms with Crippen LogP contribution in [-0.4, -0.2) is 25.8 Å². The van der Waals surface area contributed by atoms with Crippen molar-refractivity contribution < 1.29 is 8.42 Å². The van der Waals surface area contributed by atoms with Crippen molar-refractivity contribution >= 4 is 10.0 Å². The highest BCUT2D eigenvalue weighted by Gasteiger charge is 2.29. The molecule has 1 aromatic rings. The zero-order valence-electron chi connectivity index (χ0n) is 12.6. The largest absolute Gasteiger partial charge is 0.218 e. The zero-order valence-corrected chi connectivity index (χ0v) is 13.4. The third-order valence-corrected chi connectivity index (χ3v) is 6.24. The molecule has 0 saturated heterocycles. The van der Waals surface area contributed by atoms with Gasteiger partial charge < -0.3 is 0 Å². The van der Waals surface area contributed by atoms with Crippen LogP contribution in [-0.2, 0) is 15.8 Å². The minimum Gasteiger partial charge on any atom is -0.212 e. The van der Waals surface area contributed by atoms with Crippen LogP contribution in [0.4, 0.5) is 0 Å². The molecular formula is C16H22N2O2S. The van der Waals surface area contributed by atoms with E-state index in [9.17, 15) is 8.42 Å². The van der Waals surface area contributed by atoms with Crippen LogP contribution < -0.4 is 0 Å². The summed E-state index contributed by atoms with van der Waals surface area (Å²) in [5.74, 6) is 0.706. The number of hydrogen-bond donors (Lipinski definition) is 0. The van der Waals surface area contributed by atoms with Crippen molar-refractivity contribution in [3.63, 3.8) is 0 Å². The minimum absolute atomic E-state index is 0.00125. The SMILES string of the molecule is CC1CCC(N(C)S(=O)(=O)Cc2ccc(C#N)cc2)CC1. The molecule has 1 aliphatic carbocycles. The molecule has 0 radical (unpaired) electrons. The van der Waals surface area contributed by atoms with Crippen molar-refractivity contribution in [2.24, 2.45) is 5.92 Å². The number of benzene rings is 1. The Kier molecular flexibility index (Phi) is 5.02. The lowest BCUT2D eigenvalue weighted by atomic mass is 9.87. The van der Waals surface area contributed by atoms with Crippen LogP contribution in [0.2, 0.25) is 0 Å². The molecule has 1 saturated carbocycles. The lowest BCUT2D eigenvalue weighted by Gasteiger charge is -2.32. The average molecular weight is 306 g/mol. The van der Waals surface area contributed by atoms with Gasteiger partial charge in [0.2, 0.25) is 10.0 Å². The fourth-order valence-electron chi connectivity index (χ4n) is 2.82. The van der Waals surface area contributed by atoms with Gasteiger partial charge in [0.25, 0.3) is 0 Å². The highest BCUT2D eigenvalue weighted by Crippen LogP contribution is 2.28. The van der Waals surface area contributed by atoms with E-state index in [0.29, 0.717) is 11.5 Å². The minimum atomic E-state index is -3.30. The summed E-state index contributed by atoms with van der Waals surface area (Å²) in [7, 11) is -1.61. The Labute approximate surface area is 127 Å². The molecule has 0 bridgehead atoms. The fourth-order valence-corrected chi connectivity index (χ4v) is 4.30. The molecule has 0 heterocycles. The van der Waals surface area contributed by atoms with Crippen LogP contribution in [0.25, 0.3) is 0 Å². The van der Waals surface area contributed by atoms with Crippen molar-refractivity contribution in [1.29, 1.82) is 5.26 Å². The van der Waals surface area contributed by atoms with E-state index in [0.717, 1.165) is 31.2 Å². The molecule has 21 heavy (non-hydrogen) atoms. The van der Waals surface area contributed by atoms with E-state index in [1.165, 1.54) is 0 Å². The lowest BCUT2D eigenvalue weighted by Crippen LogP contribution is -2.39. The second-order valence-electron chi connectivity index (χ2n) is 5.99. The van der Waals surface area contributed by atoms with Crippen molar-refractivity contribution in [3.8, 4) is 6.07 Å². The standard InChI is InChI=1S/C16H22N2O2S/c1-13-3-9-16(10-4-13)18(2)21(19,20)12-15-7-5-14(11-17)6-8-15/h5-8,13,16H,3-4,9-10,12H2,1-2H3. The highest BCUT2D eigenvalue weighted by atomic mass is 32.2. The first-order valence-corrected chi connectivity index (χ1v) is 8.98. The highest BCUT2D eigenvalue weighted by molar-refractivity contribution is 7.88. The summed E-state index contributed by atoms with van der Waals surface area (Å²) >= 11 is 0. The van der Waals surface area contributed by atoms with Crippen LogP contribution >= 0.6 is 0 Å². The zero-order chi connectivity index (χ0) is 15.5. The molecule has 5 heteroatoms. The Balaban J connectivity index is 2.05. The first kappa shape index (κ1) is 16.0. The predicted octanol–water partition coefficient (Wildman–Crippen LogP) is 2.90. The summed E-state index contributed by atoms with van der Waals surface area (Å²) in [5.41, 5.74) is 1.27. The van der Waals surface area contributed by atoms with Gasteiger partial charge in [-0.1, -0.05) is 19.1 Å². The average Bonchev–Trinajstić information content (AvgIpc) is 2.48. The summed E-state index contributed by atoms with van der Waals surface area (Å²) in [5, 5.41) is 8.76. The van der Waals surface area contributed by atoms with Crippen LogP contribution in [0.15, 0.2) is 24.3 Å². The number of sulfonamides is 1. The van der Waals surface area contributed by atoms with E-state index in [-0.39, 0.29) is 11.8 Å². The maximum atomic E-state index is 12.5. The van der Waals surface area contributed by atoms with Gasteiger partial charge in [0, 0.05) is 13.1 Å². The monoisotopic (exact) mass is 306 g/mol. The Morgan fingerprint density at radius 1 is 1.19 bits per heavy atom. The van der Waals surface area contributed by atoms with Gasteiger partial charge in [0.05, 0.1) is 17.4 Å². The van der Waals surface area contributed by atoms with Crippen LogP contribution in [0.1, 0.15) is 43.7 Å². The summed E-state index contributed by atoms with van der Waals surface area (Å²) in [6.07, 6.45) is 4.09. The quantitative estimate of drug-likeness (QED) is 0.859. The Hall–Kier alpha value is -1.38. The second-order valence-corrected chi connectivity index (χ2v) is 8.02. The third kappa shape index (κ3) is 4.05. The Morgan fingerprint density at radius 2 is 1.76 bits per heavy atom. The van der Waals surface area contributed by atoms with Gasteiger partial charge in [-0.2, -0.15) is 5.26 Å². The Bertz CT molecular complexity index is 609. The molecule has 4 nitrogen and oxygen atoms in total. The van der Waals surface area contributed by atoms with Gasteiger partial charge in [-0.3, -0.25) is 0 Å². The topological polar surface area (TPSA) is 61.2 Å². The third-order valence-electron chi connectivity index (χ3n) is 4.37. The molecule has 1 aliphatic rings. The van der Waals surface area contributed by atoms with Crippen LogP contribution in [0.3, 0.4) is 0 Å². The molecule has 0 N–H and O–H groups in total. The molecule has 2 rings (SSSR count). The predicted molar refractivity (Wildman–Crippen MR) is 83.0 cm³/mol. The van der Waals surface area contributed by atoms with E-state index in [1.54, 1.807) is 35.6 Å². The second kappa shape index (κ2) is 6.59. The van der Waals surface area contributed by atoms with Gasteiger partial charge in [-0.15, -0.1) is 0 Å². The summed E-state index contributed by atoms with van der Waals surface area (Å²) < 4.78 is 26.5. The van der Waals surface area contributed by atoms with Crippen molar-refractivity contribution in [3.05, 3.63) is 35.4 Å². The molecule has 0 amide bonds. The van der Waals surface area contributed by atoms with Crippen molar-refractivity contribution in [2.75, 3.05) is 7.05 Å². The number of rotatable bonds is 4. The molecule has 0 atom stereocenters. The smallest absolute Gasteiger partial charge is 0.212 e. The molecule has 1 fully saturated rings. The first-order valence-electron chi connectivity index (χ1n) is 7.37. The molecule has 0 aliphatic heterocycles. The maximum Gasteiger partial charge on any atom is 0.218 e. The molecular weight excluding hydrogens is 284 g/mol. The number of nitriles is 1. The van der Waals surface area contributed by atoms with Crippen LogP contribution in [0, 0.1) is 17.2 Å². The number of nitrogens with zero attached hydrogens (tertiary/aromatic N) is 2. The molecule has 0 aromatic heterocycles. The summed E-state index contributed by atoms with van der Waals surface area (Å²) in [6.45, 7) is 2.22. The van der Waals surface area contributed by atoms with E-state index in [2.05, 4.69) is 6.92 Å². The van der Waals surface area contributed by atoms with Gasteiger partial charge in [0.1, 0.15) is 0 Å². The normalized spacial score (nSPS) is 23.0. The van der Waals surface area contributed by atoms with Gasteiger partial charge in [-0.25, -0.2) is 12.7 Å². The summed E-state index contributed by atoms with van der Waals surface area (Å²) in [4.78, 5) is 0. The maximum absolute atomic E-state index is 12.5. The fraction of sp³-hybridized carbons (Fsp3) is 0.562. The molecule has 0 spiro atoms. The molecule has 1 aromatic carbocycles. The number of hydrogen-bond acceptors (Lipinski definition) is 3. The van der Waals surface area contributed by atoms with Crippen molar-refractivity contribution in [2.45, 2.75) is 44.4 Å². The van der Waals surface area contributed by atoms with E-state index in [4.69, 9.17) is 5.26 Å². The van der Waals surface area contributed by atoms with E-state index < -0.39 is 10.0 Å². The van der Waals surface area contributed by atoms with E-state index >= 15 is 0 Å². The van der Waals surface area contributed by atoms with Crippen LogP contribution in [0.5, 0.6) is 0 Å². The Morgan fingerprint density at radius 3 is 2.29 bits per heavy atom. The molecule has 0 unspecified atom stereocenters. The van der Waals surface area contributed by atoms with Gasteiger partial charge in [0.15, 0.2) is 0 Å². The molecule has 114 valence electrons. The van der Waals surface area contributed by atoms with Gasteiger partial charge in [-0.05, 0) is 49.3 Å².